The zero-order valence-electron chi connectivity index (χ0n) is 24.6. The topological polar surface area (TPSA) is 117 Å². The minimum atomic E-state index is -1.33. The maximum Gasteiger partial charge on any atom is 0.337 e. The smallest absolute Gasteiger partial charge is 0.337 e. The van der Waals surface area contributed by atoms with Crippen LogP contribution in [0.4, 0.5) is 8.78 Å². The molecule has 0 N–H and O–H groups in total. The fourth-order valence-corrected chi connectivity index (χ4v) is 3.44. The first-order chi connectivity index (χ1) is 21.0. The van der Waals surface area contributed by atoms with Crippen LogP contribution in [0.5, 0.6) is 5.75 Å². The summed E-state index contributed by atoms with van der Waals surface area (Å²) < 4.78 is 75.9. The monoisotopic (exact) mass is 614 g/mol. The van der Waals surface area contributed by atoms with Crippen LogP contribution in [0.3, 0.4) is 0 Å². The highest BCUT2D eigenvalue weighted by Gasteiger charge is 2.23. The highest BCUT2D eigenvalue weighted by Crippen LogP contribution is 2.27. The van der Waals surface area contributed by atoms with E-state index in [2.05, 4.69) is 4.74 Å². The van der Waals surface area contributed by atoms with Crippen molar-refractivity contribution in [2.75, 3.05) is 107 Å². The molecule has 0 radical (unpaired) electrons. The van der Waals surface area contributed by atoms with Crippen molar-refractivity contribution in [1.29, 1.82) is 0 Å². The first-order valence-corrected chi connectivity index (χ1v) is 13.8. The molecular formula is C30H40F2O11. The van der Waals surface area contributed by atoms with Crippen molar-refractivity contribution in [1.82, 2.24) is 0 Å². The molecule has 2 aromatic carbocycles. The molecule has 0 atom stereocenters. The zero-order chi connectivity index (χ0) is 31.1. The molecule has 0 aliphatic rings. The van der Waals surface area contributed by atoms with Crippen LogP contribution in [0.25, 0.3) is 0 Å². The van der Waals surface area contributed by atoms with E-state index in [1.54, 1.807) is 7.11 Å². The van der Waals surface area contributed by atoms with Gasteiger partial charge in [0, 0.05) is 12.7 Å². The van der Waals surface area contributed by atoms with Gasteiger partial charge in [0.15, 0.2) is 17.4 Å². The molecule has 0 fully saturated rings. The number of hydrogen-bond donors (Lipinski definition) is 0. The lowest BCUT2D eigenvalue weighted by molar-refractivity contribution is -0.0199. The summed E-state index contributed by atoms with van der Waals surface area (Å²) >= 11 is 0. The van der Waals surface area contributed by atoms with E-state index in [-0.39, 0.29) is 36.7 Å². The van der Waals surface area contributed by atoms with Crippen LogP contribution in [0.2, 0.25) is 0 Å². The van der Waals surface area contributed by atoms with E-state index < -0.39 is 29.0 Å². The normalized spacial score (nSPS) is 11.1. The van der Waals surface area contributed by atoms with Gasteiger partial charge in [0.05, 0.1) is 98.6 Å². The Morgan fingerprint density at radius 1 is 0.558 bits per heavy atom. The molecule has 2 rings (SSSR count). The first kappa shape index (κ1) is 36.2. The van der Waals surface area contributed by atoms with Crippen molar-refractivity contribution < 1.29 is 61.0 Å². The summed E-state index contributed by atoms with van der Waals surface area (Å²) in [6.07, 6.45) is 0. The Morgan fingerprint density at radius 3 is 1.42 bits per heavy atom. The number of ketones is 1. The van der Waals surface area contributed by atoms with Gasteiger partial charge in [-0.25, -0.2) is 13.6 Å². The predicted molar refractivity (Wildman–Crippen MR) is 150 cm³/mol. The summed E-state index contributed by atoms with van der Waals surface area (Å²) in [6, 6.07) is 7.42. The van der Waals surface area contributed by atoms with Gasteiger partial charge in [-0.15, -0.1) is 0 Å². The van der Waals surface area contributed by atoms with Gasteiger partial charge in [-0.2, -0.15) is 0 Å². The van der Waals surface area contributed by atoms with Crippen molar-refractivity contribution in [3.63, 3.8) is 0 Å². The SMILES string of the molecule is COCCOCCOCCOCCOCCOCCOCCOc1ccc(F)c(F)c1C(=O)c1ccc(C(=O)OC)cc1. The Bertz CT molecular complexity index is 1070. The van der Waals surface area contributed by atoms with Gasteiger partial charge in [-0.3, -0.25) is 4.79 Å². The zero-order valence-corrected chi connectivity index (χ0v) is 24.6. The Hall–Kier alpha value is -3.04. The Morgan fingerprint density at radius 2 is 0.977 bits per heavy atom. The van der Waals surface area contributed by atoms with Gasteiger partial charge in [0.25, 0.3) is 0 Å². The number of carbonyl (C=O) groups is 2. The van der Waals surface area contributed by atoms with E-state index >= 15 is 0 Å². The summed E-state index contributed by atoms with van der Waals surface area (Å²) in [6.45, 7) is 5.47. The second kappa shape index (κ2) is 22.5. The predicted octanol–water partition coefficient (Wildman–Crippen LogP) is 3.11. The van der Waals surface area contributed by atoms with Crippen molar-refractivity contribution in [2.24, 2.45) is 0 Å². The molecule has 0 saturated carbocycles. The second-order valence-electron chi connectivity index (χ2n) is 8.65. The maximum absolute atomic E-state index is 14.6. The summed E-state index contributed by atoms with van der Waals surface area (Å²) in [5.41, 5.74) is -0.288. The summed E-state index contributed by atoms with van der Waals surface area (Å²) in [5.74, 6) is -4.02. The number of hydrogen-bond acceptors (Lipinski definition) is 11. The average molecular weight is 615 g/mol. The molecular weight excluding hydrogens is 574 g/mol. The fourth-order valence-electron chi connectivity index (χ4n) is 3.44. The minimum Gasteiger partial charge on any atom is -0.490 e. The van der Waals surface area contributed by atoms with Crippen molar-refractivity contribution in [3.8, 4) is 5.75 Å². The van der Waals surface area contributed by atoms with Gasteiger partial charge in [-0.05, 0) is 24.3 Å². The van der Waals surface area contributed by atoms with Crippen LogP contribution in [0.1, 0.15) is 26.3 Å². The molecule has 0 heterocycles. The number of rotatable bonds is 25. The number of carbonyl (C=O) groups excluding carboxylic acids is 2. The largest absolute Gasteiger partial charge is 0.490 e. The third-order valence-electron chi connectivity index (χ3n) is 5.63. The molecule has 0 aliphatic carbocycles. The number of ether oxygens (including phenoxy) is 9. The third kappa shape index (κ3) is 14.3. The maximum atomic E-state index is 14.6. The molecule has 0 aliphatic heterocycles. The molecule has 0 aromatic heterocycles. The Labute approximate surface area is 250 Å². The molecule has 0 saturated heterocycles. The molecule has 2 aromatic rings. The highest BCUT2D eigenvalue weighted by molar-refractivity contribution is 6.11. The fraction of sp³-hybridized carbons (Fsp3) is 0.533. The highest BCUT2D eigenvalue weighted by atomic mass is 19.2. The van der Waals surface area contributed by atoms with Gasteiger partial charge >= 0.3 is 5.97 Å². The van der Waals surface area contributed by atoms with E-state index in [4.69, 9.17) is 37.9 Å². The lowest BCUT2D eigenvalue weighted by Gasteiger charge is -2.13. The van der Waals surface area contributed by atoms with E-state index in [1.807, 2.05) is 0 Å². The molecule has 0 unspecified atom stereocenters. The molecule has 240 valence electrons. The summed E-state index contributed by atoms with van der Waals surface area (Å²) in [4.78, 5) is 24.5. The van der Waals surface area contributed by atoms with Crippen molar-refractivity contribution in [2.45, 2.75) is 0 Å². The van der Waals surface area contributed by atoms with Crippen LogP contribution in [-0.2, 0) is 37.9 Å². The Balaban J connectivity index is 1.54. The first-order valence-electron chi connectivity index (χ1n) is 13.8. The van der Waals surface area contributed by atoms with Crippen LogP contribution in [0.15, 0.2) is 36.4 Å². The average Bonchev–Trinajstić information content (AvgIpc) is 3.02. The third-order valence-corrected chi connectivity index (χ3v) is 5.63. The van der Waals surface area contributed by atoms with E-state index in [0.717, 1.165) is 6.07 Å². The lowest BCUT2D eigenvalue weighted by atomic mass is 10.0. The molecule has 43 heavy (non-hydrogen) atoms. The van der Waals surface area contributed by atoms with Crippen LogP contribution in [-0.4, -0.2) is 118 Å². The molecule has 0 spiro atoms. The number of benzene rings is 2. The molecule has 0 bridgehead atoms. The van der Waals surface area contributed by atoms with Crippen molar-refractivity contribution >= 4 is 11.8 Å². The molecule has 11 nitrogen and oxygen atoms in total. The van der Waals surface area contributed by atoms with Gasteiger partial charge < -0.3 is 42.6 Å². The van der Waals surface area contributed by atoms with Crippen LogP contribution < -0.4 is 4.74 Å². The minimum absolute atomic E-state index is 0.0110. The standard InChI is InChI=1S/C30H40F2O11/c1-35-9-10-37-11-12-38-13-14-39-15-16-40-17-18-41-19-20-42-21-22-43-26-8-7-25(31)28(32)27(26)29(33)23-3-5-24(6-4-23)30(34)36-2/h3-8H,9-22H2,1-2H3. The number of methoxy groups -OCH3 is 2. The van der Waals surface area contributed by atoms with E-state index in [9.17, 15) is 18.4 Å². The number of halogens is 2. The molecule has 0 amide bonds. The summed E-state index contributed by atoms with van der Waals surface area (Å²) in [7, 11) is 2.85. The number of esters is 1. The summed E-state index contributed by atoms with van der Waals surface area (Å²) in [5, 5.41) is 0. The van der Waals surface area contributed by atoms with E-state index in [0.29, 0.717) is 72.7 Å². The van der Waals surface area contributed by atoms with Crippen LogP contribution in [0, 0.1) is 11.6 Å². The lowest BCUT2D eigenvalue weighted by Crippen LogP contribution is -2.15. The second-order valence-corrected chi connectivity index (χ2v) is 8.65. The quantitative estimate of drug-likeness (QED) is 0.0933. The molecule has 13 heteroatoms. The van der Waals surface area contributed by atoms with E-state index in [1.165, 1.54) is 37.4 Å². The van der Waals surface area contributed by atoms with Gasteiger partial charge in [0.1, 0.15) is 17.9 Å². The Kier molecular flexibility index (Phi) is 18.9. The van der Waals surface area contributed by atoms with Gasteiger partial charge in [0.2, 0.25) is 0 Å². The van der Waals surface area contributed by atoms with Crippen LogP contribution >= 0.6 is 0 Å². The van der Waals surface area contributed by atoms with Gasteiger partial charge in [-0.1, -0.05) is 12.1 Å². The van der Waals surface area contributed by atoms with Crippen molar-refractivity contribution in [3.05, 3.63) is 64.7 Å².